The standard InChI is InChI=1S/C17H20ClNO2/c1-11-5-8-16(12(11)2)19-17(21)14-7-6-13(4-3-9-20)15(18)10-14/h6-7,10-12,16,20H,5,8-9H2,1-2H3,(H,19,21). The van der Waals surface area contributed by atoms with Crippen molar-refractivity contribution < 1.29 is 9.90 Å². The molecule has 1 amide bonds. The molecule has 112 valence electrons. The molecule has 3 nitrogen and oxygen atoms in total. The maximum Gasteiger partial charge on any atom is 0.251 e. The SMILES string of the molecule is CC1CCC(NC(=O)c2ccc(C#CCO)c(Cl)c2)C1C. The monoisotopic (exact) mass is 305 g/mol. The van der Waals surface area contributed by atoms with Crippen molar-refractivity contribution in [3.63, 3.8) is 0 Å². The van der Waals surface area contributed by atoms with E-state index in [0.29, 0.717) is 28.0 Å². The summed E-state index contributed by atoms with van der Waals surface area (Å²) in [6.45, 7) is 4.20. The number of hydrogen-bond acceptors (Lipinski definition) is 2. The summed E-state index contributed by atoms with van der Waals surface area (Å²) in [5.41, 5.74) is 1.16. The molecule has 0 saturated heterocycles. The Labute approximate surface area is 130 Å². The van der Waals surface area contributed by atoms with E-state index < -0.39 is 0 Å². The van der Waals surface area contributed by atoms with Crippen LogP contribution in [0.25, 0.3) is 0 Å². The lowest BCUT2D eigenvalue weighted by molar-refractivity contribution is 0.0927. The highest BCUT2D eigenvalue weighted by Crippen LogP contribution is 2.31. The summed E-state index contributed by atoms with van der Waals surface area (Å²) in [6, 6.07) is 5.29. The molecule has 0 heterocycles. The van der Waals surface area contributed by atoms with Crippen LogP contribution < -0.4 is 5.32 Å². The summed E-state index contributed by atoms with van der Waals surface area (Å²) in [6.07, 6.45) is 2.18. The molecular weight excluding hydrogens is 286 g/mol. The molecule has 0 spiro atoms. The largest absolute Gasteiger partial charge is 0.384 e. The van der Waals surface area contributed by atoms with Gasteiger partial charge < -0.3 is 10.4 Å². The first-order chi connectivity index (χ1) is 10.0. The summed E-state index contributed by atoms with van der Waals surface area (Å²) in [5, 5.41) is 12.2. The number of aliphatic hydroxyl groups excluding tert-OH is 1. The van der Waals surface area contributed by atoms with Crippen LogP contribution in [0.1, 0.15) is 42.6 Å². The smallest absolute Gasteiger partial charge is 0.251 e. The minimum atomic E-state index is -0.212. The van der Waals surface area contributed by atoms with Gasteiger partial charge in [-0.05, 0) is 42.9 Å². The predicted molar refractivity (Wildman–Crippen MR) is 84.2 cm³/mol. The van der Waals surface area contributed by atoms with E-state index in [1.807, 2.05) is 0 Å². The van der Waals surface area contributed by atoms with Crippen molar-refractivity contribution in [2.45, 2.75) is 32.7 Å². The van der Waals surface area contributed by atoms with E-state index in [-0.39, 0.29) is 18.6 Å². The van der Waals surface area contributed by atoms with Crippen LogP contribution in [0.5, 0.6) is 0 Å². The normalized spacial score (nSPS) is 24.3. The second kappa shape index (κ2) is 6.98. The Bertz CT molecular complexity index is 588. The number of carbonyl (C=O) groups excluding carboxylic acids is 1. The van der Waals surface area contributed by atoms with Gasteiger partial charge in [0.25, 0.3) is 5.91 Å². The van der Waals surface area contributed by atoms with Crippen LogP contribution >= 0.6 is 11.6 Å². The Morgan fingerprint density at radius 3 is 2.76 bits per heavy atom. The number of halogens is 1. The fourth-order valence-corrected chi connectivity index (χ4v) is 2.94. The van der Waals surface area contributed by atoms with E-state index in [1.165, 1.54) is 0 Å². The van der Waals surface area contributed by atoms with E-state index in [4.69, 9.17) is 16.7 Å². The minimum Gasteiger partial charge on any atom is -0.384 e. The topological polar surface area (TPSA) is 49.3 Å². The zero-order valence-electron chi connectivity index (χ0n) is 12.3. The molecule has 21 heavy (non-hydrogen) atoms. The van der Waals surface area contributed by atoms with Gasteiger partial charge in [-0.3, -0.25) is 4.79 Å². The number of benzene rings is 1. The van der Waals surface area contributed by atoms with Crippen LogP contribution in [0.4, 0.5) is 0 Å². The van der Waals surface area contributed by atoms with Crippen LogP contribution in [0.2, 0.25) is 5.02 Å². The van der Waals surface area contributed by atoms with Crippen LogP contribution in [0.3, 0.4) is 0 Å². The zero-order valence-corrected chi connectivity index (χ0v) is 13.1. The zero-order chi connectivity index (χ0) is 15.4. The van der Waals surface area contributed by atoms with Gasteiger partial charge in [-0.15, -0.1) is 0 Å². The van der Waals surface area contributed by atoms with Gasteiger partial charge in [-0.1, -0.05) is 37.3 Å². The summed E-state index contributed by atoms with van der Waals surface area (Å²) >= 11 is 6.11. The summed E-state index contributed by atoms with van der Waals surface area (Å²) < 4.78 is 0. The van der Waals surface area contributed by atoms with Gasteiger partial charge in [0, 0.05) is 17.2 Å². The third-order valence-electron chi connectivity index (χ3n) is 4.32. The number of aliphatic hydroxyl groups is 1. The Morgan fingerprint density at radius 1 is 1.43 bits per heavy atom. The Kier molecular flexibility index (Phi) is 5.27. The number of hydrogen-bond donors (Lipinski definition) is 2. The minimum absolute atomic E-state index is 0.0930. The van der Waals surface area contributed by atoms with Gasteiger partial charge in [0.2, 0.25) is 0 Å². The van der Waals surface area contributed by atoms with Crippen molar-refractivity contribution in [3.05, 3.63) is 34.3 Å². The van der Waals surface area contributed by atoms with Gasteiger partial charge in [-0.25, -0.2) is 0 Å². The molecule has 0 radical (unpaired) electrons. The second-order valence-electron chi connectivity index (χ2n) is 5.65. The van der Waals surface area contributed by atoms with Crippen molar-refractivity contribution in [2.75, 3.05) is 6.61 Å². The average molecular weight is 306 g/mol. The maximum atomic E-state index is 12.3. The van der Waals surface area contributed by atoms with Gasteiger partial charge >= 0.3 is 0 Å². The Hall–Kier alpha value is -1.50. The van der Waals surface area contributed by atoms with Gasteiger partial charge in [0.15, 0.2) is 0 Å². The molecule has 1 aromatic rings. The maximum absolute atomic E-state index is 12.3. The van der Waals surface area contributed by atoms with Crippen LogP contribution in [0, 0.1) is 23.7 Å². The van der Waals surface area contributed by atoms with E-state index in [0.717, 1.165) is 12.8 Å². The first-order valence-electron chi connectivity index (χ1n) is 7.23. The lowest BCUT2D eigenvalue weighted by atomic mass is 9.97. The Balaban J connectivity index is 2.08. The van der Waals surface area contributed by atoms with Crippen LogP contribution in [-0.2, 0) is 0 Å². The van der Waals surface area contributed by atoms with Crippen molar-refractivity contribution in [1.29, 1.82) is 0 Å². The highest BCUT2D eigenvalue weighted by atomic mass is 35.5. The molecule has 1 aliphatic rings. The highest BCUT2D eigenvalue weighted by Gasteiger charge is 2.30. The van der Waals surface area contributed by atoms with Gasteiger partial charge in [-0.2, -0.15) is 0 Å². The Morgan fingerprint density at radius 2 is 2.19 bits per heavy atom. The predicted octanol–water partition coefficient (Wildman–Crippen LogP) is 2.85. The second-order valence-corrected chi connectivity index (χ2v) is 6.06. The lowest BCUT2D eigenvalue weighted by Crippen LogP contribution is -2.37. The molecule has 0 aromatic heterocycles. The molecule has 2 N–H and O–H groups in total. The lowest BCUT2D eigenvalue weighted by Gasteiger charge is -2.19. The highest BCUT2D eigenvalue weighted by molar-refractivity contribution is 6.32. The van der Waals surface area contributed by atoms with Gasteiger partial charge in [0.1, 0.15) is 6.61 Å². The third kappa shape index (κ3) is 3.78. The molecule has 3 atom stereocenters. The summed E-state index contributed by atoms with van der Waals surface area (Å²) in [4.78, 5) is 12.3. The van der Waals surface area contributed by atoms with Crippen molar-refractivity contribution in [1.82, 2.24) is 5.32 Å². The molecule has 3 unspecified atom stereocenters. The quantitative estimate of drug-likeness (QED) is 0.826. The number of carbonyl (C=O) groups is 1. The molecule has 1 aliphatic carbocycles. The van der Waals surface area contributed by atoms with Crippen molar-refractivity contribution in [3.8, 4) is 11.8 Å². The number of rotatable bonds is 2. The molecular formula is C17H20ClNO2. The van der Waals surface area contributed by atoms with E-state index in [2.05, 4.69) is 31.0 Å². The average Bonchev–Trinajstić information content (AvgIpc) is 2.78. The first-order valence-corrected chi connectivity index (χ1v) is 7.61. The summed E-state index contributed by atoms with van der Waals surface area (Å²) in [7, 11) is 0. The molecule has 0 aliphatic heterocycles. The van der Waals surface area contributed by atoms with E-state index in [1.54, 1.807) is 18.2 Å². The summed E-state index contributed by atoms with van der Waals surface area (Å²) in [5.74, 6) is 6.35. The van der Waals surface area contributed by atoms with Crippen LogP contribution in [-0.4, -0.2) is 23.7 Å². The molecule has 1 fully saturated rings. The third-order valence-corrected chi connectivity index (χ3v) is 4.63. The van der Waals surface area contributed by atoms with Crippen molar-refractivity contribution >= 4 is 17.5 Å². The van der Waals surface area contributed by atoms with Crippen molar-refractivity contribution in [2.24, 2.45) is 11.8 Å². The van der Waals surface area contributed by atoms with E-state index in [9.17, 15) is 4.79 Å². The fourth-order valence-electron chi connectivity index (χ4n) is 2.71. The molecule has 1 aromatic carbocycles. The first kappa shape index (κ1) is 15.9. The number of nitrogens with one attached hydrogen (secondary N) is 1. The fraction of sp³-hybridized carbons (Fsp3) is 0.471. The van der Waals surface area contributed by atoms with Gasteiger partial charge in [0.05, 0.1) is 5.02 Å². The van der Waals surface area contributed by atoms with E-state index >= 15 is 0 Å². The molecule has 4 heteroatoms. The molecule has 1 saturated carbocycles. The van der Waals surface area contributed by atoms with Crippen LogP contribution in [0.15, 0.2) is 18.2 Å². The molecule has 2 rings (SSSR count). The molecule has 0 bridgehead atoms. The number of amides is 1.